The maximum Gasteiger partial charge on any atom is 0.138 e. The molecule has 0 amide bonds. The fourth-order valence-corrected chi connectivity index (χ4v) is 1.76. The molecular weight excluding hydrogens is 224 g/mol. The van der Waals surface area contributed by atoms with Gasteiger partial charge >= 0.3 is 0 Å². The molecule has 0 spiro atoms. The van der Waals surface area contributed by atoms with E-state index in [9.17, 15) is 0 Å². The third-order valence-corrected chi connectivity index (χ3v) is 3.08. The van der Waals surface area contributed by atoms with Crippen molar-refractivity contribution < 1.29 is 4.74 Å². The van der Waals surface area contributed by atoms with Gasteiger partial charge in [-0.1, -0.05) is 20.8 Å². The highest BCUT2D eigenvalue weighted by molar-refractivity contribution is 5.21. The van der Waals surface area contributed by atoms with E-state index in [1.165, 1.54) is 0 Å². The van der Waals surface area contributed by atoms with E-state index >= 15 is 0 Å². The summed E-state index contributed by atoms with van der Waals surface area (Å²) in [6, 6.07) is 4.43. The first kappa shape index (κ1) is 15.0. The summed E-state index contributed by atoms with van der Waals surface area (Å²) in [6.45, 7) is 9.58. The van der Waals surface area contributed by atoms with Gasteiger partial charge in [0.15, 0.2) is 0 Å². The maximum atomic E-state index is 5.73. The molecule has 1 aromatic rings. The Morgan fingerprint density at radius 1 is 1.22 bits per heavy atom. The molecule has 18 heavy (non-hydrogen) atoms. The van der Waals surface area contributed by atoms with E-state index in [4.69, 9.17) is 4.74 Å². The zero-order valence-electron chi connectivity index (χ0n) is 12.1. The van der Waals surface area contributed by atoms with Crippen molar-refractivity contribution in [1.29, 1.82) is 0 Å². The van der Waals surface area contributed by atoms with Crippen LogP contribution in [0.4, 0.5) is 0 Å². The average Bonchev–Trinajstić information content (AvgIpc) is 2.41. The van der Waals surface area contributed by atoms with Gasteiger partial charge in [0.2, 0.25) is 0 Å². The smallest absolute Gasteiger partial charge is 0.138 e. The number of ether oxygens (including phenoxy) is 1. The minimum absolute atomic E-state index is 0.248. The SMILES string of the molecule is CCCNC(CC)c1ccc(OC(C)CC)cn1. The van der Waals surface area contributed by atoms with Crippen molar-refractivity contribution in [1.82, 2.24) is 10.3 Å². The van der Waals surface area contributed by atoms with Gasteiger partial charge in [0, 0.05) is 6.04 Å². The van der Waals surface area contributed by atoms with Crippen molar-refractivity contribution in [2.24, 2.45) is 0 Å². The fraction of sp³-hybridized carbons (Fsp3) is 0.667. The number of hydrogen-bond acceptors (Lipinski definition) is 3. The molecule has 0 bridgehead atoms. The molecule has 2 atom stereocenters. The summed E-state index contributed by atoms with van der Waals surface area (Å²) >= 11 is 0. The van der Waals surface area contributed by atoms with Crippen LogP contribution in [0.1, 0.15) is 58.7 Å². The predicted molar refractivity (Wildman–Crippen MR) is 75.9 cm³/mol. The van der Waals surface area contributed by atoms with E-state index in [1.807, 2.05) is 12.3 Å². The van der Waals surface area contributed by atoms with Crippen molar-refractivity contribution in [2.45, 2.75) is 59.1 Å². The number of nitrogens with one attached hydrogen (secondary N) is 1. The molecule has 3 heteroatoms. The van der Waals surface area contributed by atoms with Gasteiger partial charge in [-0.3, -0.25) is 4.98 Å². The number of aromatic nitrogens is 1. The molecule has 0 aliphatic carbocycles. The predicted octanol–water partition coefficient (Wildman–Crippen LogP) is 3.71. The van der Waals surface area contributed by atoms with Gasteiger partial charge in [0.1, 0.15) is 5.75 Å². The largest absolute Gasteiger partial charge is 0.489 e. The Labute approximate surface area is 111 Å². The van der Waals surface area contributed by atoms with Crippen LogP contribution in [0.5, 0.6) is 5.75 Å². The summed E-state index contributed by atoms with van der Waals surface area (Å²) in [5.74, 6) is 0.860. The molecule has 102 valence electrons. The Morgan fingerprint density at radius 2 is 2.00 bits per heavy atom. The van der Waals surface area contributed by atoms with Crippen molar-refractivity contribution >= 4 is 0 Å². The van der Waals surface area contributed by atoms with Crippen LogP contribution in [0.2, 0.25) is 0 Å². The second-order valence-electron chi connectivity index (χ2n) is 4.67. The molecule has 0 fully saturated rings. The van der Waals surface area contributed by atoms with E-state index in [0.717, 1.165) is 37.3 Å². The molecule has 0 saturated carbocycles. The highest BCUT2D eigenvalue weighted by Gasteiger charge is 2.10. The summed E-state index contributed by atoms with van der Waals surface area (Å²) in [5.41, 5.74) is 1.10. The van der Waals surface area contributed by atoms with Gasteiger partial charge in [-0.15, -0.1) is 0 Å². The molecule has 1 N–H and O–H groups in total. The summed E-state index contributed by atoms with van der Waals surface area (Å²) in [4.78, 5) is 4.50. The fourth-order valence-electron chi connectivity index (χ4n) is 1.76. The summed E-state index contributed by atoms with van der Waals surface area (Å²) in [5, 5.41) is 3.50. The van der Waals surface area contributed by atoms with Crippen molar-refractivity contribution in [2.75, 3.05) is 6.54 Å². The molecule has 0 aliphatic heterocycles. The Balaban J connectivity index is 2.62. The highest BCUT2D eigenvalue weighted by atomic mass is 16.5. The Morgan fingerprint density at radius 3 is 2.50 bits per heavy atom. The zero-order chi connectivity index (χ0) is 13.4. The van der Waals surface area contributed by atoms with E-state index in [1.54, 1.807) is 0 Å². The first-order chi connectivity index (χ1) is 8.71. The average molecular weight is 250 g/mol. The van der Waals surface area contributed by atoms with Crippen molar-refractivity contribution in [3.05, 3.63) is 24.0 Å². The topological polar surface area (TPSA) is 34.1 Å². The van der Waals surface area contributed by atoms with Crippen LogP contribution in [0, 0.1) is 0 Å². The van der Waals surface area contributed by atoms with Gasteiger partial charge in [0.25, 0.3) is 0 Å². The molecule has 1 aromatic heterocycles. The lowest BCUT2D eigenvalue weighted by atomic mass is 10.1. The van der Waals surface area contributed by atoms with Crippen LogP contribution >= 0.6 is 0 Å². The van der Waals surface area contributed by atoms with Crippen LogP contribution in [0.25, 0.3) is 0 Å². The number of rotatable bonds is 8. The number of pyridine rings is 1. The van der Waals surface area contributed by atoms with E-state index < -0.39 is 0 Å². The molecule has 1 rings (SSSR count). The van der Waals surface area contributed by atoms with Gasteiger partial charge in [-0.25, -0.2) is 0 Å². The summed E-state index contributed by atoms with van der Waals surface area (Å²) in [7, 11) is 0. The quantitative estimate of drug-likeness (QED) is 0.763. The van der Waals surface area contributed by atoms with Crippen molar-refractivity contribution in [3.63, 3.8) is 0 Å². The Kier molecular flexibility index (Phi) is 6.73. The third kappa shape index (κ3) is 4.65. The molecule has 0 saturated heterocycles. The minimum Gasteiger partial charge on any atom is -0.489 e. The highest BCUT2D eigenvalue weighted by Crippen LogP contribution is 2.18. The van der Waals surface area contributed by atoms with Gasteiger partial charge in [-0.2, -0.15) is 0 Å². The Hall–Kier alpha value is -1.09. The number of hydrogen-bond donors (Lipinski definition) is 1. The van der Waals surface area contributed by atoms with Gasteiger partial charge in [-0.05, 0) is 44.9 Å². The van der Waals surface area contributed by atoms with E-state index in [2.05, 4.69) is 44.1 Å². The van der Waals surface area contributed by atoms with Gasteiger partial charge < -0.3 is 10.1 Å². The van der Waals surface area contributed by atoms with Crippen LogP contribution in [-0.2, 0) is 0 Å². The summed E-state index contributed by atoms with van der Waals surface area (Å²) in [6.07, 6.45) is 5.29. The lowest BCUT2D eigenvalue weighted by Gasteiger charge is -2.17. The molecule has 0 radical (unpaired) electrons. The van der Waals surface area contributed by atoms with Crippen molar-refractivity contribution in [3.8, 4) is 5.75 Å². The van der Waals surface area contributed by atoms with Gasteiger partial charge in [0.05, 0.1) is 18.0 Å². The van der Waals surface area contributed by atoms with Crippen LogP contribution in [-0.4, -0.2) is 17.6 Å². The molecule has 2 unspecified atom stereocenters. The molecule has 0 aromatic carbocycles. The van der Waals surface area contributed by atoms with E-state index in [-0.39, 0.29) is 6.10 Å². The second-order valence-corrected chi connectivity index (χ2v) is 4.67. The van der Waals surface area contributed by atoms with E-state index in [0.29, 0.717) is 6.04 Å². The zero-order valence-corrected chi connectivity index (χ0v) is 12.1. The van der Waals surface area contributed by atoms with Crippen LogP contribution in [0.3, 0.4) is 0 Å². The maximum absolute atomic E-state index is 5.73. The number of nitrogens with zero attached hydrogens (tertiary/aromatic N) is 1. The molecule has 0 aliphatic rings. The van der Waals surface area contributed by atoms with Crippen LogP contribution in [0.15, 0.2) is 18.3 Å². The summed E-state index contributed by atoms with van der Waals surface area (Å²) < 4.78 is 5.73. The Bertz CT molecular complexity index is 324. The van der Waals surface area contributed by atoms with Crippen LogP contribution < -0.4 is 10.1 Å². The minimum atomic E-state index is 0.248. The third-order valence-electron chi connectivity index (χ3n) is 3.08. The lowest BCUT2D eigenvalue weighted by Crippen LogP contribution is -2.22. The standard InChI is InChI=1S/C15H26N2O/c1-5-10-16-14(7-3)15-9-8-13(11-17-15)18-12(4)6-2/h8-9,11-12,14,16H,5-7,10H2,1-4H3. The monoisotopic (exact) mass is 250 g/mol. The molecule has 1 heterocycles. The molecular formula is C15H26N2O. The normalized spacial score (nSPS) is 14.2. The first-order valence-corrected chi connectivity index (χ1v) is 7.07. The lowest BCUT2D eigenvalue weighted by molar-refractivity contribution is 0.216. The molecule has 3 nitrogen and oxygen atoms in total. The second kappa shape index (κ2) is 8.09. The first-order valence-electron chi connectivity index (χ1n) is 7.07.